The molecule has 0 amide bonds. The van der Waals surface area contributed by atoms with E-state index in [1.54, 1.807) is 25.4 Å². The zero-order valence-electron chi connectivity index (χ0n) is 10.4. The molecule has 2 aromatic heterocycles. The lowest BCUT2D eigenvalue weighted by Crippen LogP contribution is -2.08. The Kier molecular flexibility index (Phi) is 2.98. The molecule has 0 saturated carbocycles. The van der Waals surface area contributed by atoms with Crippen molar-refractivity contribution in [1.82, 2.24) is 15.3 Å². The van der Waals surface area contributed by atoms with Gasteiger partial charge in [-0.25, -0.2) is 4.39 Å². The van der Waals surface area contributed by atoms with E-state index in [9.17, 15) is 8.87 Å². The lowest BCUT2D eigenvalue weighted by molar-refractivity contribution is 0.320. The summed E-state index contributed by atoms with van der Waals surface area (Å²) in [6, 6.07) is 1.75. The Morgan fingerprint density at radius 2 is 2.25 bits per heavy atom. The second-order valence-corrected chi connectivity index (χ2v) is 5.27. The second-order valence-electron chi connectivity index (χ2n) is 4.24. The van der Waals surface area contributed by atoms with Crippen molar-refractivity contribution < 1.29 is 8.87 Å². The van der Waals surface area contributed by atoms with E-state index in [2.05, 4.69) is 10.4 Å². The average Bonchev–Trinajstić information content (AvgIpc) is 2.92. The van der Waals surface area contributed by atoms with E-state index in [1.165, 1.54) is 23.6 Å². The minimum absolute atomic E-state index is 0.154. The van der Waals surface area contributed by atoms with Crippen molar-refractivity contribution in [2.75, 3.05) is 7.05 Å². The van der Waals surface area contributed by atoms with Gasteiger partial charge in [0, 0.05) is 29.1 Å². The maximum absolute atomic E-state index is 13.8. The summed E-state index contributed by atoms with van der Waals surface area (Å²) < 4.78 is 26.7. The molecule has 0 aliphatic heterocycles. The van der Waals surface area contributed by atoms with E-state index in [0.29, 0.717) is 21.4 Å². The monoisotopic (exact) mass is 292 g/mol. The molecular weight excluding hydrogens is 282 g/mol. The van der Waals surface area contributed by atoms with Crippen LogP contribution in [0.3, 0.4) is 0 Å². The topological polar surface area (TPSA) is 53.7 Å². The van der Waals surface area contributed by atoms with Crippen LogP contribution in [0.25, 0.3) is 15.8 Å². The molecule has 0 spiro atoms. The Hall–Kier alpha value is -2.28. The molecule has 1 aliphatic carbocycles. The summed E-state index contributed by atoms with van der Waals surface area (Å²) >= 11 is 1.28. The summed E-state index contributed by atoms with van der Waals surface area (Å²) in [5.41, 5.74) is 0.955. The van der Waals surface area contributed by atoms with E-state index in [-0.39, 0.29) is 10.6 Å². The van der Waals surface area contributed by atoms with Gasteiger partial charge in [-0.2, -0.15) is 0 Å². The highest BCUT2D eigenvalue weighted by atomic mass is 32.1. The summed E-state index contributed by atoms with van der Waals surface area (Å²) in [7, 11) is 1.69. The Morgan fingerprint density at radius 1 is 1.45 bits per heavy atom. The molecule has 0 radical (unpaired) electrons. The maximum atomic E-state index is 13.8. The minimum atomic E-state index is -0.592. The maximum Gasteiger partial charge on any atom is 0.149 e. The smallest absolute Gasteiger partial charge is 0.149 e. The van der Waals surface area contributed by atoms with E-state index in [4.69, 9.17) is 5.41 Å². The molecule has 2 heterocycles. The molecule has 0 aromatic carbocycles. The van der Waals surface area contributed by atoms with Gasteiger partial charge in [-0.05, 0) is 23.8 Å². The molecule has 7 heteroatoms. The van der Waals surface area contributed by atoms with Crippen LogP contribution in [0.15, 0.2) is 42.0 Å². The third-order valence-corrected chi connectivity index (χ3v) is 3.96. The summed E-state index contributed by atoms with van der Waals surface area (Å²) in [4.78, 5) is 1.60. The quantitative estimate of drug-likeness (QED) is 0.893. The first kappa shape index (κ1) is 12.7. The average molecular weight is 292 g/mol. The van der Waals surface area contributed by atoms with Crippen molar-refractivity contribution in [2.45, 2.75) is 0 Å². The number of nitrogens with one attached hydrogen (secondary N) is 2. The lowest BCUT2D eigenvalue weighted by Gasteiger charge is -2.11. The molecule has 1 aliphatic rings. The number of allylic oxidation sites excluding steroid dienone is 5. The highest BCUT2D eigenvalue weighted by molar-refractivity contribution is 7.19. The zero-order chi connectivity index (χ0) is 14.3. The van der Waals surface area contributed by atoms with Crippen molar-refractivity contribution in [3.63, 3.8) is 0 Å². The number of rotatable bonds is 2. The van der Waals surface area contributed by atoms with Gasteiger partial charge in [0.15, 0.2) is 0 Å². The van der Waals surface area contributed by atoms with Gasteiger partial charge in [0.25, 0.3) is 0 Å². The molecule has 2 N–H and O–H groups in total. The van der Waals surface area contributed by atoms with Gasteiger partial charge in [0.1, 0.15) is 10.7 Å². The van der Waals surface area contributed by atoms with Gasteiger partial charge >= 0.3 is 0 Å². The molecule has 0 fully saturated rings. The molecular formula is C13H10F2N4S. The van der Waals surface area contributed by atoms with Crippen LogP contribution in [-0.2, 0) is 0 Å². The molecule has 102 valence electrons. The van der Waals surface area contributed by atoms with Crippen LogP contribution in [0.4, 0.5) is 8.87 Å². The molecule has 4 nitrogen and oxygen atoms in total. The predicted molar refractivity (Wildman–Crippen MR) is 76.2 cm³/mol. The molecule has 0 bridgehead atoms. The van der Waals surface area contributed by atoms with Crippen molar-refractivity contribution in [2.24, 2.45) is 0 Å². The molecule has 0 unspecified atom stereocenters. The largest absolute Gasteiger partial charge is 0.393 e. The first-order valence-corrected chi connectivity index (χ1v) is 6.61. The Balaban J connectivity index is 2.07. The number of nitrogens with zero attached hydrogens (tertiary/aromatic N) is 2. The van der Waals surface area contributed by atoms with Gasteiger partial charge in [-0.3, -0.25) is 5.41 Å². The SMILES string of the molecule is CN/C=C1/C=C(c2cc3cn(F)nc3s2)C=C(F)C1=N. The summed E-state index contributed by atoms with van der Waals surface area (Å²) in [5, 5.41) is 14.8. The Morgan fingerprint density at radius 3 is 2.95 bits per heavy atom. The number of fused-ring (bicyclic) bond motifs is 1. The number of halogens is 2. The van der Waals surface area contributed by atoms with Gasteiger partial charge < -0.3 is 5.32 Å². The summed E-state index contributed by atoms with van der Waals surface area (Å²) in [6.07, 6.45) is 5.86. The first-order valence-electron chi connectivity index (χ1n) is 5.80. The van der Waals surface area contributed by atoms with Gasteiger partial charge in [0.2, 0.25) is 0 Å². The van der Waals surface area contributed by atoms with Crippen LogP contribution < -0.4 is 5.32 Å². The minimum Gasteiger partial charge on any atom is -0.393 e. The van der Waals surface area contributed by atoms with Gasteiger partial charge in [-0.15, -0.1) is 21.3 Å². The number of aromatic nitrogens is 2. The zero-order valence-corrected chi connectivity index (χ0v) is 11.3. The normalized spacial score (nSPS) is 17.6. The van der Waals surface area contributed by atoms with Gasteiger partial charge in [-0.1, -0.05) is 4.48 Å². The van der Waals surface area contributed by atoms with E-state index >= 15 is 0 Å². The van der Waals surface area contributed by atoms with Crippen LogP contribution in [-0.4, -0.2) is 22.8 Å². The molecule has 20 heavy (non-hydrogen) atoms. The predicted octanol–water partition coefficient (Wildman–Crippen LogP) is 3.20. The Labute approximate surface area is 117 Å². The fraction of sp³-hybridized carbons (Fsp3) is 0.0769. The van der Waals surface area contributed by atoms with E-state index in [1.807, 2.05) is 0 Å². The highest BCUT2D eigenvalue weighted by Gasteiger charge is 2.18. The Bertz CT molecular complexity index is 763. The number of thiophene rings is 1. The molecule has 2 aromatic rings. The van der Waals surface area contributed by atoms with Crippen LogP contribution in [0.5, 0.6) is 0 Å². The molecule has 0 atom stereocenters. The van der Waals surface area contributed by atoms with Crippen molar-refractivity contribution in [3.8, 4) is 0 Å². The fourth-order valence-corrected chi connectivity index (χ4v) is 2.96. The third-order valence-electron chi connectivity index (χ3n) is 2.88. The van der Waals surface area contributed by atoms with E-state index in [0.717, 1.165) is 4.88 Å². The molecule has 0 saturated heterocycles. The highest BCUT2D eigenvalue weighted by Crippen LogP contribution is 2.34. The van der Waals surface area contributed by atoms with Crippen LogP contribution in [0, 0.1) is 5.41 Å². The number of hydrogen-bond acceptors (Lipinski definition) is 4. The number of hydrogen-bond donors (Lipinski definition) is 2. The summed E-state index contributed by atoms with van der Waals surface area (Å²) in [6.45, 7) is 0. The summed E-state index contributed by atoms with van der Waals surface area (Å²) in [5.74, 6) is -0.592. The second kappa shape index (κ2) is 4.68. The third kappa shape index (κ3) is 2.05. The van der Waals surface area contributed by atoms with E-state index < -0.39 is 5.83 Å². The molecule has 3 rings (SSSR count). The lowest BCUT2D eigenvalue weighted by atomic mass is 9.99. The van der Waals surface area contributed by atoms with Crippen LogP contribution >= 0.6 is 11.3 Å². The standard InChI is InChI=1S/C13H10F2N4S/c1-17-5-8-2-7(3-10(14)12(8)16)11-4-9-6-19(15)18-13(9)20-11/h2-6,16-17H,1H3/b8-5-,16-12?. The van der Waals surface area contributed by atoms with Gasteiger partial charge in [0.05, 0.1) is 11.9 Å². The van der Waals surface area contributed by atoms with Crippen LogP contribution in [0.1, 0.15) is 4.88 Å². The van der Waals surface area contributed by atoms with Crippen molar-refractivity contribution >= 4 is 32.8 Å². The van der Waals surface area contributed by atoms with Crippen molar-refractivity contribution in [3.05, 3.63) is 46.9 Å². The van der Waals surface area contributed by atoms with Crippen LogP contribution in [0.2, 0.25) is 0 Å². The van der Waals surface area contributed by atoms with Crippen molar-refractivity contribution in [1.29, 1.82) is 5.41 Å². The first-order chi connectivity index (χ1) is 9.58. The fourth-order valence-electron chi connectivity index (χ4n) is 1.98.